The Bertz CT molecular complexity index is 767. The molecule has 0 N–H and O–H groups in total. The van der Waals surface area contributed by atoms with Crippen LogP contribution < -0.4 is 4.74 Å². The Kier molecular flexibility index (Phi) is 7.23. The second-order valence-electron chi connectivity index (χ2n) is 6.94. The van der Waals surface area contributed by atoms with Gasteiger partial charge in [-0.1, -0.05) is 51.1 Å². The molecule has 0 aliphatic rings. The summed E-state index contributed by atoms with van der Waals surface area (Å²) in [6.45, 7) is 6.51. The van der Waals surface area contributed by atoms with Crippen molar-refractivity contribution < 1.29 is 17.9 Å². The summed E-state index contributed by atoms with van der Waals surface area (Å²) >= 11 is 0. The van der Waals surface area contributed by atoms with Crippen LogP contribution in [-0.4, -0.2) is 27.4 Å². The molecule has 0 heterocycles. The maximum Gasteiger partial charge on any atom is 0.178 e. The van der Waals surface area contributed by atoms with E-state index in [0.29, 0.717) is 11.5 Å². The zero-order chi connectivity index (χ0) is 19.2. The predicted octanol–water partition coefficient (Wildman–Crippen LogP) is 4.35. The minimum absolute atomic E-state index is 0.0719. The van der Waals surface area contributed by atoms with Gasteiger partial charge in [0, 0.05) is 0 Å². The normalized spacial score (nSPS) is 14.2. The van der Waals surface area contributed by atoms with E-state index in [9.17, 15) is 8.42 Å². The van der Waals surface area contributed by atoms with Gasteiger partial charge >= 0.3 is 0 Å². The van der Waals surface area contributed by atoms with Crippen LogP contribution in [0.2, 0.25) is 0 Å². The maximum atomic E-state index is 12.6. The van der Waals surface area contributed by atoms with Crippen molar-refractivity contribution >= 4 is 9.84 Å². The van der Waals surface area contributed by atoms with Gasteiger partial charge in [0.1, 0.15) is 5.75 Å². The van der Waals surface area contributed by atoms with Crippen molar-refractivity contribution in [3.05, 3.63) is 60.2 Å². The highest BCUT2D eigenvalue weighted by Gasteiger charge is 2.27. The number of hydrogen-bond acceptors (Lipinski definition) is 4. The van der Waals surface area contributed by atoms with Crippen molar-refractivity contribution in [3.63, 3.8) is 0 Å². The Morgan fingerprint density at radius 2 is 1.54 bits per heavy atom. The van der Waals surface area contributed by atoms with Crippen LogP contribution in [0.15, 0.2) is 59.5 Å². The molecule has 0 aliphatic carbocycles. The van der Waals surface area contributed by atoms with Gasteiger partial charge in [0.15, 0.2) is 9.84 Å². The summed E-state index contributed by atoms with van der Waals surface area (Å²) in [5.41, 5.74) is 1.04. The monoisotopic (exact) mass is 376 g/mol. The summed E-state index contributed by atoms with van der Waals surface area (Å²) in [5.74, 6) is 0.979. The van der Waals surface area contributed by atoms with Crippen LogP contribution in [0.1, 0.15) is 26.3 Å². The molecule has 0 radical (unpaired) electrons. The van der Waals surface area contributed by atoms with Crippen LogP contribution >= 0.6 is 0 Å². The summed E-state index contributed by atoms with van der Waals surface area (Å²) < 4.78 is 36.6. The molecule has 0 spiro atoms. The molecule has 142 valence electrons. The standard InChI is InChI=1S/C21H28O4S/c1-16(2)21(25-14-18-10-12-19(24-4)13-11-18)17(3)15-26(22,23)20-8-6-5-7-9-20/h5-13,16-17,21H,14-15H2,1-4H3/t17-,21-/m1/s1. The summed E-state index contributed by atoms with van der Waals surface area (Å²) in [7, 11) is -1.69. The number of methoxy groups -OCH3 is 1. The van der Waals surface area contributed by atoms with E-state index in [1.165, 1.54) is 0 Å². The lowest BCUT2D eigenvalue weighted by Gasteiger charge is -2.28. The van der Waals surface area contributed by atoms with Crippen LogP contribution in [0.25, 0.3) is 0 Å². The van der Waals surface area contributed by atoms with Crippen molar-refractivity contribution in [2.24, 2.45) is 11.8 Å². The highest BCUT2D eigenvalue weighted by atomic mass is 32.2. The topological polar surface area (TPSA) is 52.6 Å². The van der Waals surface area contributed by atoms with E-state index in [1.54, 1.807) is 31.4 Å². The predicted molar refractivity (Wildman–Crippen MR) is 104 cm³/mol. The van der Waals surface area contributed by atoms with E-state index in [2.05, 4.69) is 13.8 Å². The average molecular weight is 377 g/mol. The zero-order valence-corrected chi connectivity index (χ0v) is 16.7. The van der Waals surface area contributed by atoms with Crippen molar-refractivity contribution in [2.75, 3.05) is 12.9 Å². The molecule has 2 aromatic rings. The first kappa shape index (κ1) is 20.5. The Balaban J connectivity index is 2.03. The molecular formula is C21H28O4S. The van der Waals surface area contributed by atoms with E-state index in [0.717, 1.165) is 11.3 Å². The average Bonchev–Trinajstić information content (AvgIpc) is 2.62. The van der Waals surface area contributed by atoms with Gasteiger partial charge < -0.3 is 9.47 Å². The number of rotatable bonds is 9. The van der Waals surface area contributed by atoms with E-state index in [1.807, 2.05) is 37.3 Å². The first-order valence-electron chi connectivity index (χ1n) is 8.86. The van der Waals surface area contributed by atoms with Gasteiger partial charge in [-0.15, -0.1) is 0 Å². The van der Waals surface area contributed by atoms with Crippen LogP contribution in [0.5, 0.6) is 5.75 Å². The van der Waals surface area contributed by atoms with Gasteiger partial charge in [0.05, 0.1) is 30.5 Å². The SMILES string of the molecule is COc1ccc(CO[C@H](C(C)C)[C@H](C)CS(=O)(=O)c2ccccc2)cc1. The molecular weight excluding hydrogens is 348 g/mol. The van der Waals surface area contributed by atoms with Crippen LogP contribution in [0, 0.1) is 11.8 Å². The second kappa shape index (κ2) is 9.19. The fourth-order valence-corrected chi connectivity index (χ4v) is 4.74. The third-order valence-corrected chi connectivity index (χ3v) is 6.36. The highest BCUT2D eigenvalue weighted by molar-refractivity contribution is 7.91. The third kappa shape index (κ3) is 5.58. The first-order valence-corrected chi connectivity index (χ1v) is 10.5. The molecule has 4 nitrogen and oxygen atoms in total. The maximum absolute atomic E-state index is 12.6. The molecule has 5 heteroatoms. The summed E-state index contributed by atoms with van der Waals surface area (Å²) in [6, 6.07) is 16.3. The van der Waals surface area contributed by atoms with Crippen molar-refractivity contribution in [2.45, 2.75) is 38.4 Å². The largest absolute Gasteiger partial charge is 0.497 e. The second-order valence-corrected chi connectivity index (χ2v) is 8.97. The lowest BCUT2D eigenvalue weighted by molar-refractivity contribution is -0.0179. The molecule has 0 saturated heterocycles. The van der Waals surface area contributed by atoms with Gasteiger partial charge in [0.25, 0.3) is 0 Å². The van der Waals surface area contributed by atoms with Gasteiger partial charge in [-0.05, 0) is 41.7 Å². The van der Waals surface area contributed by atoms with Crippen LogP contribution in [-0.2, 0) is 21.2 Å². The number of sulfone groups is 1. The molecule has 0 aromatic heterocycles. The summed E-state index contributed by atoms with van der Waals surface area (Å²) in [4.78, 5) is 0.365. The molecule has 2 rings (SSSR count). The van der Waals surface area contributed by atoms with Crippen molar-refractivity contribution in [3.8, 4) is 5.75 Å². The van der Waals surface area contributed by atoms with E-state index in [-0.39, 0.29) is 23.7 Å². The fourth-order valence-electron chi connectivity index (χ4n) is 3.09. The smallest absolute Gasteiger partial charge is 0.178 e. The molecule has 2 atom stereocenters. The lowest BCUT2D eigenvalue weighted by Crippen LogP contribution is -2.32. The third-order valence-electron chi connectivity index (χ3n) is 4.40. The van der Waals surface area contributed by atoms with Gasteiger partial charge in [0.2, 0.25) is 0 Å². The van der Waals surface area contributed by atoms with E-state index in [4.69, 9.17) is 9.47 Å². The fraction of sp³-hybridized carbons (Fsp3) is 0.429. The Morgan fingerprint density at radius 3 is 2.08 bits per heavy atom. The van der Waals surface area contributed by atoms with Crippen LogP contribution in [0.3, 0.4) is 0 Å². The summed E-state index contributed by atoms with van der Waals surface area (Å²) in [5, 5.41) is 0. The molecule has 0 fully saturated rings. The molecule has 0 bridgehead atoms. The molecule has 0 aliphatic heterocycles. The number of hydrogen-bond donors (Lipinski definition) is 0. The van der Waals surface area contributed by atoms with Gasteiger partial charge in [-0.25, -0.2) is 8.42 Å². The van der Waals surface area contributed by atoms with E-state index < -0.39 is 9.84 Å². The van der Waals surface area contributed by atoms with Crippen molar-refractivity contribution in [1.82, 2.24) is 0 Å². The van der Waals surface area contributed by atoms with Crippen LogP contribution in [0.4, 0.5) is 0 Å². The zero-order valence-electron chi connectivity index (χ0n) is 15.9. The first-order chi connectivity index (χ1) is 12.3. The molecule has 26 heavy (non-hydrogen) atoms. The number of benzene rings is 2. The molecule has 0 saturated carbocycles. The highest BCUT2D eigenvalue weighted by Crippen LogP contribution is 2.23. The molecule has 0 unspecified atom stereocenters. The Hall–Kier alpha value is -1.85. The summed E-state index contributed by atoms with van der Waals surface area (Å²) in [6.07, 6.45) is -0.143. The molecule has 2 aromatic carbocycles. The lowest BCUT2D eigenvalue weighted by atomic mass is 9.96. The van der Waals surface area contributed by atoms with Gasteiger partial charge in [-0.3, -0.25) is 0 Å². The minimum Gasteiger partial charge on any atom is -0.497 e. The quantitative estimate of drug-likeness (QED) is 0.653. The van der Waals surface area contributed by atoms with Crippen molar-refractivity contribution in [1.29, 1.82) is 0 Å². The van der Waals surface area contributed by atoms with E-state index >= 15 is 0 Å². The number of ether oxygens (including phenoxy) is 2. The van der Waals surface area contributed by atoms with Gasteiger partial charge in [-0.2, -0.15) is 0 Å². The minimum atomic E-state index is -3.33. The molecule has 0 amide bonds. The Labute approximate surface area is 157 Å². The Morgan fingerprint density at radius 1 is 0.923 bits per heavy atom.